The van der Waals surface area contributed by atoms with E-state index in [9.17, 15) is 4.79 Å². The Morgan fingerprint density at radius 3 is 2.85 bits per heavy atom. The summed E-state index contributed by atoms with van der Waals surface area (Å²) in [5.41, 5.74) is 1.61. The number of aromatic nitrogens is 4. The first-order valence-electron chi connectivity index (χ1n) is 9.96. The predicted octanol–water partition coefficient (Wildman–Crippen LogP) is 4.00. The topological polar surface area (TPSA) is 126 Å². The van der Waals surface area contributed by atoms with Crippen LogP contribution in [0, 0.1) is 11.3 Å². The van der Waals surface area contributed by atoms with Gasteiger partial charge in [0.05, 0.1) is 30.6 Å². The Morgan fingerprint density at radius 1 is 1.27 bits per heavy atom. The molecule has 9 nitrogen and oxygen atoms in total. The highest BCUT2D eigenvalue weighted by Gasteiger charge is 2.16. The van der Waals surface area contributed by atoms with Crippen LogP contribution in [0.2, 0.25) is 5.02 Å². The highest BCUT2D eigenvalue weighted by Crippen LogP contribution is 2.32. The molecule has 1 atom stereocenters. The summed E-state index contributed by atoms with van der Waals surface area (Å²) >= 11 is 6.51. The standard InChI is InChI=1S/C23H19ClN6O3/c1-13(28-23-27-11-15(10-25)22(30-23)32-2)17-9-14-6-7-18(19(24)20(14)29-21(17)31)33-12-16-5-3-4-8-26-16/h3-9,11,13H,12H2,1-2H3,(H,29,31)(H,27,28,30)/t13-/m0/s1. The second-order valence-electron chi connectivity index (χ2n) is 7.10. The van der Waals surface area contributed by atoms with Gasteiger partial charge in [0.2, 0.25) is 11.8 Å². The van der Waals surface area contributed by atoms with Crippen LogP contribution in [0.25, 0.3) is 10.9 Å². The van der Waals surface area contributed by atoms with Crippen LogP contribution in [-0.2, 0) is 6.61 Å². The van der Waals surface area contributed by atoms with Crippen molar-refractivity contribution in [1.29, 1.82) is 5.26 Å². The molecule has 0 amide bonds. The molecule has 0 bridgehead atoms. The molecule has 0 aliphatic rings. The van der Waals surface area contributed by atoms with Gasteiger partial charge >= 0.3 is 0 Å². The van der Waals surface area contributed by atoms with E-state index in [-0.39, 0.29) is 29.6 Å². The molecule has 0 radical (unpaired) electrons. The molecule has 0 saturated heterocycles. The maximum Gasteiger partial charge on any atom is 0.253 e. The van der Waals surface area contributed by atoms with Crippen molar-refractivity contribution in [2.75, 3.05) is 12.4 Å². The van der Waals surface area contributed by atoms with Crippen LogP contribution >= 0.6 is 11.6 Å². The van der Waals surface area contributed by atoms with Gasteiger partial charge in [-0.05, 0) is 37.3 Å². The first-order chi connectivity index (χ1) is 16.0. The van der Waals surface area contributed by atoms with Gasteiger partial charge in [0.1, 0.15) is 29.0 Å². The zero-order valence-corrected chi connectivity index (χ0v) is 18.6. The quantitative estimate of drug-likeness (QED) is 0.422. The highest BCUT2D eigenvalue weighted by molar-refractivity contribution is 6.36. The van der Waals surface area contributed by atoms with Crippen molar-refractivity contribution >= 4 is 28.5 Å². The monoisotopic (exact) mass is 462 g/mol. The minimum atomic E-state index is -0.436. The van der Waals surface area contributed by atoms with Crippen molar-refractivity contribution in [2.45, 2.75) is 19.6 Å². The summed E-state index contributed by atoms with van der Waals surface area (Å²) in [4.78, 5) is 28.2. The van der Waals surface area contributed by atoms with E-state index in [1.807, 2.05) is 30.3 Å². The van der Waals surface area contributed by atoms with Crippen molar-refractivity contribution in [3.8, 4) is 17.7 Å². The number of pyridine rings is 2. The van der Waals surface area contributed by atoms with Crippen LogP contribution in [0.1, 0.15) is 29.8 Å². The zero-order chi connectivity index (χ0) is 23.4. The van der Waals surface area contributed by atoms with Gasteiger partial charge < -0.3 is 19.8 Å². The Labute approximate surface area is 194 Å². The Bertz CT molecular complexity index is 1400. The second kappa shape index (κ2) is 9.54. The molecule has 166 valence electrons. The molecule has 3 heterocycles. The van der Waals surface area contributed by atoms with Crippen LogP contribution < -0.4 is 20.3 Å². The Hall–Kier alpha value is -4.16. The van der Waals surface area contributed by atoms with E-state index < -0.39 is 6.04 Å². The summed E-state index contributed by atoms with van der Waals surface area (Å²) < 4.78 is 10.9. The van der Waals surface area contributed by atoms with Crippen LogP contribution in [-0.4, -0.2) is 27.0 Å². The lowest BCUT2D eigenvalue weighted by molar-refractivity contribution is 0.302. The lowest BCUT2D eigenvalue weighted by Crippen LogP contribution is -2.20. The minimum absolute atomic E-state index is 0.152. The summed E-state index contributed by atoms with van der Waals surface area (Å²) in [5, 5.41) is 13.2. The van der Waals surface area contributed by atoms with E-state index in [2.05, 4.69) is 25.3 Å². The van der Waals surface area contributed by atoms with Gasteiger partial charge in [-0.2, -0.15) is 10.2 Å². The number of ether oxygens (including phenoxy) is 2. The molecule has 10 heteroatoms. The third kappa shape index (κ3) is 4.71. The van der Waals surface area contributed by atoms with Crippen LogP contribution in [0.15, 0.2) is 53.6 Å². The summed E-state index contributed by atoms with van der Waals surface area (Å²) in [6.07, 6.45) is 3.05. The number of rotatable bonds is 7. The number of benzene rings is 1. The largest absolute Gasteiger partial charge is 0.486 e. The molecule has 0 spiro atoms. The van der Waals surface area contributed by atoms with E-state index >= 15 is 0 Å². The molecule has 33 heavy (non-hydrogen) atoms. The molecule has 0 aliphatic carbocycles. The van der Waals surface area contributed by atoms with Gasteiger partial charge in [0.15, 0.2) is 0 Å². The molecule has 4 aromatic rings. The van der Waals surface area contributed by atoms with E-state index in [1.54, 1.807) is 25.3 Å². The molecule has 4 rings (SSSR count). The summed E-state index contributed by atoms with van der Waals surface area (Å²) in [7, 11) is 1.42. The number of nitriles is 1. The molecule has 0 unspecified atom stereocenters. The fraction of sp³-hybridized carbons (Fsp3) is 0.174. The van der Waals surface area contributed by atoms with Crippen LogP contribution in [0.5, 0.6) is 11.6 Å². The van der Waals surface area contributed by atoms with Gasteiger partial charge in [-0.1, -0.05) is 17.7 Å². The van der Waals surface area contributed by atoms with Gasteiger partial charge in [0.25, 0.3) is 5.56 Å². The number of methoxy groups -OCH3 is 1. The maximum absolute atomic E-state index is 12.8. The Balaban J connectivity index is 1.58. The van der Waals surface area contributed by atoms with Crippen molar-refractivity contribution in [1.82, 2.24) is 19.9 Å². The molecule has 2 N–H and O–H groups in total. The smallest absolute Gasteiger partial charge is 0.253 e. The van der Waals surface area contributed by atoms with Crippen molar-refractivity contribution in [3.05, 3.63) is 81.0 Å². The van der Waals surface area contributed by atoms with E-state index in [4.69, 9.17) is 26.3 Å². The third-order valence-corrected chi connectivity index (χ3v) is 5.31. The van der Waals surface area contributed by atoms with Crippen molar-refractivity contribution in [2.24, 2.45) is 0 Å². The molecular formula is C23H19ClN6O3. The SMILES string of the molecule is COc1nc(N[C@@H](C)c2cc3ccc(OCc4ccccn4)c(Cl)c3[nH]c2=O)ncc1C#N. The normalized spacial score (nSPS) is 11.6. The van der Waals surface area contributed by atoms with E-state index in [0.717, 1.165) is 11.1 Å². The Morgan fingerprint density at radius 2 is 2.12 bits per heavy atom. The third-order valence-electron chi connectivity index (χ3n) is 4.93. The lowest BCUT2D eigenvalue weighted by Gasteiger charge is -2.15. The van der Waals surface area contributed by atoms with Gasteiger partial charge in [-0.25, -0.2) is 4.98 Å². The van der Waals surface area contributed by atoms with E-state index in [0.29, 0.717) is 21.9 Å². The fourth-order valence-corrected chi connectivity index (χ4v) is 3.52. The summed E-state index contributed by atoms with van der Waals surface area (Å²) in [5.74, 6) is 0.830. The molecule has 0 aliphatic heterocycles. The molecule has 0 saturated carbocycles. The van der Waals surface area contributed by atoms with Crippen LogP contribution in [0.3, 0.4) is 0 Å². The number of hydrogen-bond donors (Lipinski definition) is 2. The predicted molar refractivity (Wildman–Crippen MR) is 123 cm³/mol. The van der Waals surface area contributed by atoms with E-state index in [1.165, 1.54) is 13.3 Å². The number of nitrogens with zero attached hydrogens (tertiary/aromatic N) is 4. The van der Waals surface area contributed by atoms with Crippen molar-refractivity contribution < 1.29 is 9.47 Å². The number of nitrogens with one attached hydrogen (secondary N) is 2. The number of halogens is 1. The zero-order valence-electron chi connectivity index (χ0n) is 17.8. The minimum Gasteiger partial charge on any atom is -0.486 e. The first-order valence-corrected chi connectivity index (χ1v) is 10.3. The average Bonchev–Trinajstić information content (AvgIpc) is 2.84. The number of H-pyrrole nitrogens is 1. The average molecular weight is 463 g/mol. The number of hydrogen-bond acceptors (Lipinski definition) is 8. The van der Waals surface area contributed by atoms with Crippen LogP contribution in [0.4, 0.5) is 5.95 Å². The second-order valence-corrected chi connectivity index (χ2v) is 7.48. The summed E-state index contributed by atoms with van der Waals surface area (Å²) in [6.45, 7) is 2.06. The van der Waals surface area contributed by atoms with Gasteiger partial charge in [-0.15, -0.1) is 0 Å². The number of aromatic amines is 1. The van der Waals surface area contributed by atoms with Gasteiger partial charge in [0, 0.05) is 17.1 Å². The van der Waals surface area contributed by atoms with Crippen molar-refractivity contribution in [3.63, 3.8) is 0 Å². The first kappa shape index (κ1) is 22.0. The maximum atomic E-state index is 12.8. The lowest BCUT2D eigenvalue weighted by atomic mass is 10.1. The highest BCUT2D eigenvalue weighted by atomic mass is 35.5. The number of fused-ring (bicyclic) bond motifs is 1. The van der Waals surface area contributed by atoms with Gasteiger partial charge in [-0.3, -0.25) is 9.78 Å². The molecule has 1 aromatic carbocycles. The molecule has 0 fully saturated rings. The fourth-order valence-electron chi connectivity index (χ4n) is 3.25. The summed E-state index contributed by atoms with van der Waals surface area (Å²) in [6, 6.07) is 12.4. The Kier molecular flexibility index (Phi) is 6.38. The molecular weight excluding hydrogens is 444 g/mol. The molecule has 3 aromatic heterocycles. The number of anilines is 1.